The largest absolute Gasteiger partial charge is 0.507 e. The lowest BCUT2D eigenvalue weighted by atomic mass is 10.1. The molecule has 0 unspecified atom stereocenters. The van der Waals surface area contributed by atoms with Gasteiger partial charge in [-0.25, -0.2) is 0 Å². The summed E-state index contributed by atoms with van der Waals surface area (Å²) >= 11 is 0. The normalized spacial score (nSPS) is 12.6. The van der Waals surface area contributed by atoms with Crippen molar-refractivity contribution in [3.63, 3.8) is 0 Å². The van der Waals surface area contributed by atoms with Crippen molar-refractivity contribution in [2.45, 2.75) is 9.79 Å². The molecule has 0 spiro atoms. The van der Waals surface area contributed by atoms with Crippen molar-refractivity contribution in [1.82, 2.24) is 0 Å². The monoisotopic (exact) mass is 527 g/mol. The first-order chi connectivity index (χ1) is 16.9. The molecule has 36 heavy (non-hydrogen) atoms. The highest BCUT2D eigenvalue weighted by Gasteiger charge is 2.16. The molecule has 0 amide bonds. The summed E-state index contributed by atoms with van der Waals surface area (Å²) in [6.45, 7) is 0. The molecule has 14 heteroatoms. The van der Waals surface area contributed by atoms with E-state index in [2.05, 4.69) is 20.5 Å². The standard InChI is InChI=1S/C22H17N5O7S2/c23-20-10-9-18-19(11-17(12-21(18)28)36(32,33)34)22(20)27-26-14-3-1-13(2-4-14)24-25-15-5-7-16(8-6-15)35(29,30)31/h1-12,28H,23H2,(H,29,30,31)(H,32,33,34). The second-order valence-corrected chi connectivity index (χ2v) is 10.2. The van der Waals surface area contributed by atoms with Gasteiger partial charge in [0.1, 0.15) is 11.4 Å². The number of nitrogens with zero attached hydrogens (tertiary/aromatic N) is 4. The number of phenols is 1. The molecule has 0 saturated heterocycles. The van der Waals surface area contributed by atoms with Gasteiger partial charge in [0.05, 0.1) is 32.5 Å². The van der Waals surface area contributed by atoms with Gasteiger partial charge in [0, 0.05) is 16.8 Å². The van der Waals surface area contributed by atoms with Crippen LogP contribution in [0, 0.1) is 0 Å². The van der Waals surface area contributed by atoms with Gasteiger partial charge in [0.2, 0.25) is 0 Å². The molecule has 5 N–H and O–H groups in total. The maximum absolute atomic E-state index is 11.5. The van der Waals surface area contributed by atoms with Gasteiger partial charge in [-0.1, -0.05) is 0 Å². The number of benzene rings is 4. The van der Waals surface area contributed by atoms with Crippen molar-refractivity contribution in [3.8, 4) is 5.75 Å². The number of hydrogen-bond donors (Lipinski definition) is 4. The Labute approximate surface area is 205 Å². The van der Waals surface area contributed by atoms with Gasteiger partial charge >= 0.3 is 0 Å². The minimum Gasteiger partial charge on any atom is -0.507 e. The number of rotatable bonds is 6. The Balaban J connectivity index is 1.59. The van der Waals surface area contributed by atoms with E-state index in [1.807, 2.05) is 0 Å². The lowest BCUT2D eigenvalue weighted by Gasteiger charge is -2.08. The maximum atomic E-state index is 11.5. The zero-order valence-corrected chi connectivity index (χ0v) is 19.7. The first kappa shape index (κ1) is 24.9. The maximum Gasteiger partial charge on any atom is 0.294 e. The molecular formula is C22H17N5O7S2. The first-order valence-electron chi connectivity index (χ1n) is 9.95. The number of hydrogen-bond acceptors (Lipinski definition) is 10. The lowest BCUT2D eigenvalue weighted by molar-refractivity contribution is 0.471. The Morgan fingerprint density at radius 1 is 0.583 bits per heavy atom. The molecule has 0 aliphatic rings. The molecule has 0 radical (unpaired) electrons. The fourth-order valence-corrected chi connectivity index (χ4v) is 4.15. The SMILES string of the molecule is Nc1ccc2c(O)cc(S(=O)(=O)O)cc2c1N=Nc1ccc(N=Nc2ccc(S(=O)(=O)O)cc2)cc1. The molecule has 0 heterocycles. The van der Waals surface area contributed by atoms with E-state index >= 15 is 0 Å². The third-order valence-corrected chi connectivity index (χ3v) is 6.62. The minimum absolute atomic E-state index is 0.102. The van der Waals surface area contributed by atoms with Crippen LogP contribution in [-0.4, -0.2) is 31.0 Å². The number of aromatic hydroxyl groups is 1. The predicted molar refractivity (Wildman–Crippen MR) is 131 cm³/mol. The van der Waals surface area contributed by atoms with Gasteiger partial charge in [-0.05, 0) is 66.7 Å². The van der Waals surface area contributed by atoms with Gasteiger partial charge in [0.15, 0.2) is 0 Å². The Kier molecular flexibility index (Phi) is 6.51. The Hall–Kier alpha value is -4.24. The van der Waals surface area contributed by atoms with Crippen LogP contribution in [0.25, 0.3) is 10.8 Å². The van der Waals surface area contributed by atoms with Crippen molar-refractivity contribution in [2.75, 3.05) is 5.73 Å². The van der Waals surface area contributed by atoms with E-state index in [1.54, 1.807) is 24.3 Å². The fourth-order valence-electron chi connectivity index (χ4n) is 3.15. The number of nitrogens with two attached hydrogens (primary N) is 1. The van der Waals surface area contributed by atoms with Crippen LogP contribution < -0.4 is 5.73 Å². The summed E-state index contributed by atoms with van der Waals surface area (Å²) in [7, 11) is -8.88. The average Bonchev–Trinajstić information content (AvgIpc) is 2.82. The van der Waals surface area contributed by atoms with Crippen LogP contribution in [0.5, 0.6) is 5.75 Å². The molecule has 0 aromatic heterocycles. The molecule has 0 atom stereocenters. The highest BCUT2D eigenvalue weighted by atomic mass is 32.2. The van der Waals surface area contributed by atoms with E-state index in [0.29, 0.717) is 17.1 Å². The zero-order valence-electron chi connectivity index (χ0n) is 18.1. The number of anilines is 1. The van der Waals surface area contributed by atoms with Crippen LogP contribution in [0.4, 0.5) is 28.4 Å². The molecule has 0 aliphatic heterocycles. The molecule has 4 aromatic rings. The summed E-state index contributed by atoms with van der Waals surface area (Å²) < 4.78 is 63.6. The lowest BCUT2D eigenvalue weighted by Crippen LogP contribution is -1.98. The van der Waals surface area contributed by atoms with E-state index in [1.165, 1.54) is 36.4 Å². The summed E-state index contributed by atoms with van der Waals surface area (Å²) in [6, 6.07) is 16.6. The van der Waals surface area contributed by atoms with Crippen molar-refractivity contribution in [2.24, 2.45) is 20.5 Å². The first-order valence-corrected chi connectivity index (χ1v) is 12.8. The predicted octanol–water partition coefficient (Wildman–Crippen LogP) is 5.45. The topological polar surface area (TPSA) is 204 Å². The molecule has 0 aliphatic carbocycles. The molecule has 184 valence electrons. The molecule has 4 rings (SSSR count). The Morgan fingerprint density at radius 3 is 1.56 bits per heavy atom. The van der Waals surface area contributed by atoms with E-state index in [-0.39, 0.29) is 32.8 Å². The van der Waals surface area contributed by atoms with E-state index in [9.17, 15) is 26.5 Å². The molecular weight excluding hydrogens is 510 g/mol. The van der Waals surface area contributed by atoms with Crippen LogP contribution in [0.2, 0.25) is 0 Å². The Bertz CT molecular complexity index is 1730. The molecule has 0 saturated carbocycles. The van der Waals surface area contributed by atoms with Gasteiger partial charge < -0.3 is 10.8 Å². The van der Waals surface area contributed by atoms with Crippen LogP contribution >= 0.6 is 0 Å². The highest BCUT2D eigenvalue weighted by molar-refractivity contribution is 7.86. The van der Waals surface area contributed by atoms with E-state index < -0.39 is 25.1 Å². The van der Waals surface area contributed by atoms with Gasteiger partial charge in [-0.2, -0.15) is 32.2 Å². The summed E-state index contributed by atoms with van der Waals surface area (Å²) in [6.07, 6.45) is 0. The average molecular weight is 528 g/mol. The third-order valence-electron chi connectivity index (χ3n) is 4.92. The fraction of sp³-hybridized carbons (Fsp3) is 0. The minimum atomic E-state index is -4.58. The number of azo groups is 2. The Morgan fingerprint density at radius 2 is 1.06 bits per heavy atom. The van der Waals surface area contributed by atoms with Crippen molar-refractivity contribution < 1.29 is 31.0 Å². The number of phenolic OH excluding ortho intramolecular Hbond substituents is 1. The third kappa shape index (κ3) is 5.52. The van der Waals surface area contributed by atoms with Gasteiger partial charge in [0.25, 0.3) is 20.2 Å². The molecule has 0 fully saturated rings. The summed E-state index contributed by atoms with van der Waals surface area (Å²) in [5.41, 5.74) is 7.49. The molecule has 12 nitrogen and oxygen atoms in total. The molecule has 0 bridgehead atoms. The summed E-state index contributed by atoms with van der Waals surface area (Å²) in [5.74, 6) is -0.376. The number of fused-ring (bicyclic) bond motifs is 1. The van der Waals surface area contributed by atoms with Crippen molar-refractivity contribution in [1.29, 1.82) is 0 Å². The van der Waals surface area contributed by atoms with Crippen LogP contribution in [0.3, 0.4) is 0 Å². The highest BCUT2D eigenvalue weighted by Crippen LogP contribution is 2.39. The summed E-state index contributed by atoms with van der Waals surface area (Å²) in [5, 5.41) is 26.9. The smallest absolute Gasteiger partial charge is 0.294 e. The van der Waals surface area contributed by atoms with E-state index in [0.717, 1.165) is 12.1 Å². The van der Waals surface area contributed by atoms with Gasteiger partial charge in [-0.15, -0.1) is 5.11 Å². The van der Waals surface area contributed by atoms with Crippen LogP contribution in [0.15, 0.2) is 103 Å². The van der Waals surface area contributed by atoms with Crippen molar-refractivity contribution in [3.05, 3.63) is 72.8 Å². The second-order valence-electron chi connectivity index (χ2n) is 7.40. The van der Waals surface area contributed by atoms with Crippen LogP contribution in [0.1, 0.15) is 0 Å². The second kappa shape index (κ2) is 9.43. The molecule has 4 aromatic carbocycles. The summed E-state index contributed by atoms with van der Waals surface area (Å²) in [4.78, 5) is -0.774. The van der Waals surface area contributed by atoms with Gasteiger partial charge in [-0.3, -0.25) is 9.11 Å². The van der Waals surface area contributed by atoms with Crippen LogP contribution in [-0.2, 0) is 20.2 Å². The van der Waals surface area contributed by atoms with Crippen molar-refractivity contribution >= 4 is 59.4 Å². The quantitative estimate of drug-likeness (QED) is 0.144. The number of nitrogen functional groups attached to an aromatic ring is 1. The zero-order chi connectivity index (χ0) is 26.1. The van der Waals surface area contributed by atoms with E-state index in [4.69, 9.17) is 10.3 Å².